The van der Waals surface area contributed by atoms with E-state index in [4.69, 9.17) is 14.9 Å². The fourth-order valence-corrected chi connectivity index (χ4v) is 1.40. The van der Waals surface area contributed by atoms with Crippen molar-refractivity contribution in [1.82, 2.24) is 10.6 Å². The van der Waals surface area contributed by atoms with E-state index in [-0.39, 0.29) is 13.2 Å². The number of amides is 1. The number of benzene rings is 1. The minimum Gasteiger partial charge on any atom is -0.480 e. The fourth-order valence-electron chi connectivity index (χ4n) is 1.40. The fraction of sp³-hybridized carbons (Fsp3) is 0.385. The summed E-state index contributed by atoms with van der Waals surface area (Å²) in [6.45, 7) is 1.41. The van der Waals surface area contributed by atoms with Gasteiger partial charge in [0.1, 0.15) is 18.9 Å². The highest BCUT2D eigenvalue weighted by molar-refractivity contribution is 5.80. The molecule has 0 fully saturated rings. The van der Waals surface area contributed by atoms with Crippen molar-refractivity contribution in [2.75, 3.05) is 6.54 Å². The van der Waals surface area contributed by atoms with E-state index >= 15 is 0 Å². The van der Waals surface area contributed by atoms with Crippen molar-refractivity contribution in [2.45, 2.75) is 25.8 Å². The Morgan fingerprint density at radius 3 is 2.50 bits per heavy atom. The maximum absolute atomic E-state index is 11.5. The van der Waals surface area contributed by atoms with E-state index in [1.165, 1.54) is 6.92 Å². The van der Waals surface area contributed by atoms with Crippen molar-refractivity contribution < 1.29 is 24.5 Å². The second-order valence-corrected chi connectivity index (χ2v) is 4.18. The zero-order valence-corrected chi connectivity index (χ0v) is 11.1. The molecule has 0 radical (unpaired) electrons. The van der Waals surface area contributed by atoms with Gasteiger partial charge in [-0.2, -0.15) is 0 Å². The molecular weight excluding hydrogens is 264 g/mol. The molecule has 7 heteroatoms. The van der Waals surface area contributed by atoms with Crippen molar-refractivity contribution >= 4 is 12.1 Å². The highest BCUT2D eigenvalue weighted by Crippen LogP contribution is 2.00. The van der Waals surface area contributed by atoms with Gasteiger partial charge in [0.15, 0.2) is 0 Å². The van der Waals surface area contributed by atoms with Crippen LogP contribution in [0, 0.1) is 0 Å². The molecule has 0 aromatic heterocycles. The first-order chi connectivity index (χ1) is 9.49. The minimum absolute atomic E-state index is 0.0584. The highest BCUT2D eigenvalue weighted by Gasteiger charge is 2.20. The maximum atomic E-state index is 11.5. The lowest BCUT2D eigenvalue weighted by atomic mass is 10.2. The van der Waals surface area contributed by atoms with Gasteiger partial charge in [0.05, 0.1) is 0 Å². The molecular formula is C13H18N2O5. The number of rotatable bonds is 7. The molecule has 0 spiro atoms. The van der Waals surface area contributed by atoms with Crippen molar-refractivity contribution in [3.05, 3.63) is 35.9 Å². The second kappa shape index (κ2) is 8.13. The first-order valence-electron chi connectivity index (χ1n) is 6.10. The molecule has 0 heterocycles. The molecule has 0 aliphatic carbocycles. The van der Waals surface area contributed by atoms with E-state index in [1.54, 1.807) is 12.1 Å². The second-order valence-electron chi connectivity index (χ2n) is 4.18. The highest BCUT2D eigenvalue weighted by atomic mass is 16.5. The van der Waals surface area contributed by atoms with E-state index in [2.05, 4.69) is 10.6 Å². The molecule has 1 aromatic carbocycles. The van der Waals surface area contributed by atoms with Crippen LogP contribution >= 0.6 is 0 Å². The Hall–Kier alpha value is -2.12. The van der Waals surface area contributed by atoms with Crippen LogP contribution in [-0.2, 0) is 16.1 Å². The van der Waals surface area contributed by atoms with Crippen LogP contribution in [0.3, 0.4) is 0 Å². The van der Waals surface area contributed by atoms with Crippen LogP contribution in [0.5, 0.6) is 0 Å². The number of carboxylic acids is 1. The Bertz CT molecular complexity index is 436. The molecule has 110 valence electrons. The lowest BCUT2D eigenvalue weighted by Gasteiger charge is -2.16. The SMILES string of the molecule is C[C@H](O)NC[C@H](NC(=O)OCc1ccccc1)C(=O)O. The summed E-state index contributed by atoms with van der Waals surface area (Å²) in [4.78, 5) is 22.4. The van der Waals surface area contributed by atoms with Gasteiger partial charge in [-0.1, -0.05) is 30.3 Å². The minimum atomic E-state index is -1.21. The average molecular weight is 282 g/mol. The van der Waals surface area contributed by atoms with Gasteiger partial charge in [0.2, 0.25) is 0 Å². The Morgan fingerprint density at radius 2 is 1.95 bits per heavy atom. The van der Waals surface area contributed by atoms with Gasteiger partial charge in [0, 0.05) is 6.54 Å². The smallest absolute Gasteiger partial charge is 0.408 e. The summed E-state index contributed by atoms with van der Waals surface area (Å²) in [7, 11) is 0. The summed E-state index contributed by atoms with van der Waals surface area (Å²) in [5.41, 5.74) is 0.802. The molecule has 7 nitrogen and oxygen atoms in total. The predicted molar refractivity (Wildman–Crippen MR) is 70.9 cm³/mol. The summed E-state index contributed by atoms with van der Waals surface area (Å²) in [6, 6.07) is 7.86. The zero-order valence-electron chi connectivity index (χ0n) is 11.1. The molecule has 4 N–H and O–H groups in total. The van der Waals surface area contributed by atoms with Crippen LogP contribution in [0.4, 0.5) is 4.79 Å². The van der Waals surface area contributed by atoms with E-state index in [0.717, 1.165) is 5.56 Å². The molecule has 0 aliphatic heterocycles. The van der Waals surface area contributed by atoms with E-state index < -0.39 is 24.3 Å². The number of carboxylic acid groups (broad SMARTS) is 1. The van der Waals surface area contributed by atoms with Crippen molar-refractivity contribution in [3.63, 3.8) is 0 Å². The number of hydrogen-bond acceptors (Lipinski definition) is 5. The Labute approximate surface area is 116 Å². The quantitative estimate of drug-likeness (QED) is 0.535. The molecule has 0 saturated heterocycles. The summed E-state index contributed by atoms with van der Waals surface area (Å²) in [6.07, 6.45) is -1.69. The first kappa shape index (κ1) is 15.9. The van der Waals surface area contributed by atoms with E-state index in [9.17, 15) is 9.59 Å². The van der Waals surface area contributed by atoms with Crippen molar-refractivity contribution in [2.24, 2.45) is 0 Å². The number of carbonyl (C=O) groups excluding carboxylic acids is 1. The zero-order chi connectivity index (χ0) is 15.0. The topological polar surface area (TPSA) is 108 Å². The summed E-state index contributed by atoms with van der Waals surface area (Å²) in [5.74, 6) is -1.21. The monoisotopic (exact) mass is 282 g/mol. The number of carbonyl (C=O) groups is 2. The average Bonchev–Trinajstić information content (AvgIpc) is 2.41. The number of aliphatic hydroxyl groups excluding tert-OH is 1. The van der Waals surface area contributed by atoms with E-state index in [0.29, 0.717) is 0 Å². The molecule has 1 amide bonds. The number of hydrogen-bond donors (Lipinski definition) is 4. The van der Waals surface area contributed by atoms with Crippen LogP contribution in [0.15, 0.2) is 30.3 Å². The Morgan fingerprint density at radius 1 is 1.30 bits per heavy atom. The third-order valence-corrected chi connectivity index (χ3v) is 2.42. The Balaban J connectivity index is 2.40. The third-order valence-electron chi connectivity index (χ3n) is 2.42. The molecule has 2 atom stereocenters. The molecule has 0 unspecified atom stereocenters. The van der Waals surface area contributed by atoms with Gasteiger partial charge in [-0.05, 0) is 12.5 Å². The Kier molecular flexibility index (Phi) is 6.48. The van der Waals surface area contributed by atoms with Crippen LogP contribution < -0.4 is 10.6 Å². The molecule has 0 saturated carbocycles. The largest absolute Gasteiger partial charge is 0.480 e. The van der Waals surface area contributed by atoms with Gasteiger partial charge in [-0.15, -0.1) is 0 Å². The van der Waals surface area contributed by atoms with Crippen LogP contribution in [0.2, 0.25) is 0 Å². The van der Waals surface area contributed by atoms with E-state index in [1.807, 2.05) is 18.2 Å². The predicted octanol–water partition coefficient (Wildman–Crippen LogP) is 0.294. The number of alkyl carbamates (subject to hydrolysis) is 1. The number of aliphatic hydroxyl groups is 1. The standard InChI is InChI=1S/C13H18N2O5/c1-9(16)14-7-11(12(17)18)15-13(19)20-8-10-5-3-2-4-6-10/h2-6,9,11,14,16H,7-8H2,1H3,(H,15,19)(H,17,18)/t9-,11-/m0/s1. The molecule has 0 aliphatic rings. The van der Waals surface area contributed by atoms with Crippen LogP contribution in [0.25, 0.3) is 0 Å². The van der Waals surface area contributed by atoms with Crippen LogP contribution in [-0.4, -0.2) is 41.1 Å². The van der Waals surface area contributed by atoms with Crippen LogP contribution in [0.1, 0.15) is 12.5 Å². The van der Waals surface area contributed by atoms with Crippen molar-refractivity contribution in [1.29, 1.82) is 0 Å². The normalized spacial score (nSPS) is 13.3. The van der Waals surface area contributed by atoms with Gasteiger partial charge >= 0.3 is 12.1 Å². The van der Waals surface area contributed by atoms with Gasteiger partial charge in [-0.25, -0.2) is 9.59 Å². The summed E-state index contributed by atoms with van der Waals surface area (Å²) >= 11 is 0. The molecule has 20 heavy (non-hydrogen) atoms. The number of nitrogens with one attached hydrogen (secondary N) is 2. The summed E-state index contributed by atoms with van der Waals surface area (Å²) < 4.78 is 4.91. The van der Waals surface area contributed by atoms with Crippen molar-refractivity contribution in [3.8, 4) is 0 Å². The van der Waals surface area contributed by atoms with Gasteiger partial charge < -0.3 is 20.3 Å². The maximum Gasteiger partial charge on any atom is 0.408 e. The molecule has 1 rings (SSSR count). The number of ether oxygens (including phenoxy) is 1. The molecule has 0 bridgehead atoms. The number of aliphatic carboxylic acids is 1. The lowest BCUT2D eigenvalue weighted by molar-refractivity contribution is -0.139. The first-order valence-corrected chi connectivity index (χ1v) is 6.10. The molecule has 1 aromatic rings. The van der Waals surface area contributed by atoms with Gasteiger partial charge in [0.25, 0.3) is 0 Å². The lowest BCUT2D eigenvalue weighted by Crippen LogP contribution is -2.48. The van der Waals surface area contributed by atoms with Gasteiger partial charge in [-0.3, -0.25) is 5.32 Å². The summed E-state index contributed by atoms with van der Waals surface area (Å²) in [5, 5.41) is 22.7. The third kappa shape index (κ3) is 6.17.